The lowest BCUT2D eigenvalue weighted by Gasteiger charge is -2.41. The average molecular weight is 550 g/mol. The normalized spacial score (nSPS) is 20.1. The van der Waals surface area contributed by atoms with Crippen LogP contribution in [0, 0.1) is 10.8 Å². The fraction of sp³-hybridized carbons (Fsp3) is 0.962. The van der Waals surface area contributed by atoms with Crippen molar-refractivity contribution in [3.63, 3.8) is 0 Å². The summed E-state index contributed by atoms with van der Waals surface area (Å²) in [6, 6.07) is 0. The molecule has 0 atom stereocenters. The van der Waals surface area contributed by atoms with Gasteiger partial charge in [-0.25, -0.2) is 4.79 Å². The number of halogens is 6. The molecule has 2 fully saturated rings. The molecule has 37 heavy (non-hydrogen) atoms. The quantitative estimate of drug-likeness (QED) is 0.310. The molecule has 0 aromatic rings. The van der Waals surface area contributed by atoms with E-state index in [0.717, 1.165) is 32.1 Å². The van der Waals surface area contributed by atoms with Gasteiger partial charge in [-0.3, -0.25) is 0 Å². The van der Waals surface area contributed by atoms with Crippen molar-refractivity contribution in [2.24, 2.45) is 10.8 Å². The summed E-state index contributed by atoms with van der Waals surface area (Å²) in [7, 11) is 0. The number of amides is 1. The number of rotatable bonds is 8. The van der Waals surface area contributed by atoms with Crippen LogP contribution >= 0.6 is 0 Å². The standard InChI is InChI=1S/C15H26F3NO3.C11H19F3O/c1-13(2,3)22-12(21)19-9-7-14(11-20,8-10-19)5-4-6-15(16,17)18;12-11(13,14)8-4-7-10(9-15)5-2-1-3-6-10/h20H,4-11H2,1-3H3;15H,1-9H2. The highest BCUT2D eigenvalue weighted by Gasteiger charge is 2.38. The Bertz CT molecular complexity index is 661. The van der Waals surface area contributed by atoms with Gasteiger partial charge in [0.2, 0.25) is 0 Å². The van der Waals surface area contributed by atoms with Gasteiger partial charge >= 0.3 is 18.4 Å². The van der Waals surface area contributed by atoms with Crippen molar-refractivity contribution in [3.8, 4) is 0 Å². The zero-order chi connectivity index (χ0) is 28.4. The van der Waals surface area contributed by atoms with Crippen molar-refractivity contribution in [1.29, 1.82) is 0 Å². The SMILES string of the molecule is CC(C)(C)OC(=O)N1CCC(CO)(CCCC(F)(F)F)CC1.OCC1(CCCC(F)(F)F)CCCCC1. The van der Waals surface area contributed by atoms with Crippen LogP contribution < -0.4 is 0 Å². The smallest absolute Gasteiger partial charge is 0.410 e. The molecule has 0 unspecified atom stereocenters. The Labute approximate surface area is 216 Å². The molecule has 1 saturated carbocycles. The Morgan fingerprint density at radius 1 is 0.757 bits per heavy atom. The van der Waals surface area contributed by atoms with Crippen molar-refractivity contribution >= 4 is 6.09 Å². The average Bonchev–Trinajstić information content (AvgIpc) is 2.78. The third-order valence-corrected chi connectivity index (χ3v) is 7.40. The van der Waals surface area contributed by atoms with E-state index in [4.69, 9.17) is 4.74 Å². The highest BCUT2D eigenvalue weighted by Crippen LogP contribution is 2.41. The summed E-state index contributed by atoms with van der Waals surface area (Å²) in [5.74, 6) is 0. The molecule has 2 aliphatic rings. The van der Waals surface area contributed by atoms with Crippen molar-refractivity contribution in [3.05, 3.63) is 0 Å². The Morgan fingerprint density at radius 3 is 1.51 bits per heavy atom. The number of carbonyl (C=O) groups excluding carboxylic acids is 1. The maximum absolute atomic E-state index is 12.2. The Balaban J connectivity index is 0.000000397. The predicted molar refractivity (Wildman–Crippen MR) is 129 cm³/mol. The number of alkyl halides is 6. The van der Waals surface area contributed by atoms with Crippen molar-refractivity contribution in [2.75, 3.05) is 26.3 Å². The minimum Gasteiger partial charge on any atom is -0.444 e. The Hall–Kier alpha value is -1.23. The van der Waals surface area contributed by atoms with Crippen LogP contribution in [0.25, 0.3) is 0 Å². The summed E-state index contributed by atoms with van der Waals surface area (Å²) in [6.45, 7) is 6.05. The van der Waals surface area contributed by atoms with Gasteiger partial charge in [0.25, 0.3) is 0 Å². The first-order chi connectivity index (χ1) is 16.9. The zero-order valence-electron chi connectivity index (χ0n) is 22.4. The lowest BCUT2D eigenvalue weighted by molar-refractivity contribution is -0.138. The largest absolute Gasteiger partial charge is 0.444 e. The maximum Gasteiger partial charge on any atom is 0.410 e. The molecular formula is C26H45F6NO4. The van der Waals surface area contributed by atoms with E-state index in [0.29, 0.717) is 38.8 Å². The van der Waals surface area contributed by atoms with Crippen LogP contribution in [0.4, 0.5) is 31.1 Å². The second kappa shape index (κ2) is 14.2. The lowest BCUT2D eigenvalue weighted by Crippen LogP contribution is -2.46. The summed E-state index contributed by atoms with van der Waals surface area (Å²) in [6.07, 6.45) is -3.12. The zero-order valence-corrected chi connectivity index (χ0v) is 22.4. The Morgan fingerprint density at radius 2 is 1.16 bits per heavy atom. The van der Waals surface area contributed by atoms with Crippen LogP contribution in [0.2, 0.25) is 0 Å². The number of aliphatic hydroxyl groups excluding tert-OH is 2. The van der Waals surface area contributed by atoms with Gasteiger partial charge < -0.3 is 19.8 Å². The van der Waals surface area contributed by atoms with Crippen molar-refractivity contribution in [1.82, 2.24) is 4.90 Å². The number of carbonyl (C=O) groups is 1. The molecule has 220 valence electrons. The lowest BCUT2D eigenvalue weighted by atomic mass is 9.71. The second-order valence-electron chi connectivity index (χ2n) is 11.8. The molecule has 5 nitrogen and oxygen atoms in total. The molecule has 1 heterocycles. The summed E-state index contributed by atoms with van der Waals surface area (Å²) < 4.78 is 77.9. The number of likely N-dealkylation sites (tertiary alicyclic amines) is 1. The molecule has 0 radical (unpaired) electrons. The van der Waals surface area contributed by atoms with E-state index >= 15 is 0 Å². The molecular weight excluding hydrogens is 504 g/mol. The fourth-order valence-corrected chi connectivity index (χ4v) is 5.09. The van der Waals surface area contributed by atoms with E-state index < -0.39 is 42.3 Å². The third-order valence-electron chi connectivity index (χ3n) is 7.40. The van der Waals surface area contributed by atoms with Gasteiger partial charge in [-0.1, -0.05) is 19.3 Å². The molecule has 2 rings (SSSR count). The van der Waals surface area contributed by atoms with Crippen LogP contribution in [-0.2, 0) is 4.74 Å². The van der Waals surface area contributed by atoms with Gasteiger partial charge in [0, 0.05) is 39.1 Å². The molecule has 1 aliphatic heterocycles. The van der Waals surface area contributed by atoms with Crippen LogP contribution in [0.3, 0.4) is 0 Å². The van der Waals surface area contributed by atoms with E-state index in [-0.39, 0.29) is 31.5 Å². The predicted octanol–water partition coefficient (Wildman–Crippen LogP) is 7.39. The van der Waals surface area contributed by atoms with E-state index in [1.807, 2.05) is 0 Å². The number of nitrogens with zero attached hydrogens (tertiary/aromatic N) is 1. The number of ether oxygens (including phenoxy) is 1. The Kier molecular flexibility index (Phi) is 13.0. The van der Waals surface area contributed by atoms with E-state index in [1.165, 1.54) is 0 Å². The number of piperidine rings is 1. The molecule has 2 N–H and O–H groups in total. The maximum atomic E-state index is 12.2. The second-order valence-corrected chi connectivity index (χ2v) is 11.8. The molecule has 0 aromatic heterocycles. The topological polar surface area (TPSA) is 70.0 Å². The molecule has 0 bridgehead atoms. The van der Waals surface area contributed by atoms with Gasteiger partial charge in [0.05, 0.1) is 0 Å². The number of hydrogen-bond acceptors (Lipinski definition) is 4. The van der Waals surface area contributed by atoms with Gasteiger partial charge in [-0.2, -0.15) is 26.3 Å². The molecule has 1 aliphatic carbocycles. The van der Waals surface area contributed by atoms with Crippen molar-refractivity contribution < 1.29 is 46.1 Å². The molecule has 0 aromatic carbocycles. The molecule has 1 saturated heterocycles. The van der Waals surface area contributed by atoms with Crippen molar-refractivity contribution in [2.45, 2.75) is 122 Å². The van der Waals surface area contributed by atoms with Crippen LogP contribution in [0.1, 0.15) is 104 Å². The van der Waals surface area contributed by atoms with Gasteiger partial charge in [-0.05, 0) is 83.0 Å². The minimum atomic E-state index is -4.16. The highest BCUT2D eigenvalue weighted by molar-refractivity contribution is 5.68. The van der Waals surface area contributed by atoms with Gasteiger partial charge in [0.1, 0.15) is 5.60 Å². The number of hydrogen-bond donors (Lipinski definition) is 2. The van der Waals surface area contributed by atoms with Crippen LogP contribution in [0.15, 0.2) is 0 Å². The monoisotopic (exact) mass is 549 g/mol. The molecule has 1 amide bonds. The fourth-order valence-electron chi connectivity index (χ4n) is 5.09. The third kappa shape index (κ3) is 13.9. The highest BCUT2D eigenvalue weighted by atomic mass is 19.4. The number of aliphatic hydroxyl groups is 2. The summed E-state index contributed by atoms with van der Waals surface area (Å²) >= 11 is 0. The van der Waals surface area contributed by atoms with Gasteiger partial charge in [0.15, 0.2) is 0 Å². The summed E-state index contributed by atoms with van der Waals surface area (Å²) in [5, 5.41) is 18.9. The van der Waals surface area contributed by atoms with Crippen LogP contribution in [0.5, 0.6) is 0 Å². The first-order valence-corrected chi connectivity index (χ1v) is 13.3. The molecule has 11 heteroatoms. The first kappa shape index (κ1) is 33.8. The summed E-state index contributed by atoms with van der Waals surface area (Å²) in [4.78, 5) is 13.5. The minimum absolute atomic E-state index is 0.0104. The molecule has 0 spiro atoms. The van der Waals surface area contributed by atoms with Crippen LogP contribution in [-0.4, -0.2) is 65.5 Å². The van der Waals surface area contributed by atoms with E-state index in [2.05, 4.69) is 0 Å². The first-order valence-electron chi connectivity index (χ1n) is 13.3. The van der Waals surface area contributed by atoms with E-state index in [9.17, 15) is 41.4 Å². The van der Waals surface area contributed by atoms with Gasteiger partial charge in [-0.15, -0.1) is 0 Å². The van der Waals surface area contributed by atoms with E-state index in [1.54, 1.807) is 25.7 Å². The summed E-state index contributed by atoms with van der Waals surface area (Å²) in [5.41, 5.74) is -1.29.